The first kappa shape index (κ1) is 14.9. The molecule has 0 spiro atoms. The van der Waals surface area contributed by atoms with E-state index in [4.69, 9.17) is 10.4 Å². The van der Waals surface area contributed by atoms with Crippen molar-refractivity contribution in [3.63, 3.8) is 0 Å². The molecule has 102 valence electrons. The zero-order valence-corrected chi connectivity index (χ0v) is 10.5. The van der Waals surface area contributed by atoms with Crippen molar-refractivity contribution in [2.45, 2.75) is 25.7 Å². The quantitative estimate of drug-likeness (QED) is 0.421. The van der Waals surface area contributed by atoms with E-state index in [2.05, 4.69) is 10.3 Å². The van der Waals surface area contributed by atoms with Crippen molar-refractivity contribution in [3.05, 3.63) is 27.9 Å². The highest BCUT2D eigenvalue weighted by Crippen LogP contribution is 2.18. The van der Waals surface area contributed by atoms with Crippen molar-refractivity contribution < 1.29 is 10.0 Å². The highest BCUT2D eigenvalue weighted by molar-refractivity contribution is 5.50. The standard InChI is InChI=1S/C12H16N4O3/c13-9-10-11(16(18)19)5-6-12(15-10)14-7-3-1-2-4-8-17/h5-6,17H,1-4,7-8H2,(H,14,15). The average molecular weight is 264 g/mol. The normalized spacial score (nSPS) is 9.89. The van der Waals surface area contributed by atoms with Gasteiger partial charge in [0.1, 0.15) is 11.9 Å². The molecular weight excluding hydrogens is 248 g/mol. The molecular formula is C12H16N4O3. The predicted molar refractivity (Wildman–Crippen MR) is 69.6 cm³/mol. The molecule has 0 aromatic carbocycles. The summed E-state index contributed by atoms with van der Waals surface area (Å²) in [5.74, 6) is 0.462. The molecule has 0 radical (unpaired) electrons. The predicted octanol–water partition coefficient (Wildman–Crippen LogP) is 1.83. The van der Waals surface area contributed by atoms with Crippen molar-refractivity contribution >= 4 is 11.5 Å². The van der Waals surface area contributed by atoms with E-state index in [1.807, 2.05) is 0 Å². The second kappa shape index (κ2) is 8.00. The van der Waals surface area contributed by atoms with Crippen LogP contribution in [-0.2, 0) is 0 Å². The number of rotatable bonds is 8. The fourth-order valence-electron chi connectivity index (χ4n) is 1.59. The van der Waals surface area contributed by atoms with Gasteiger partial charge in [-0.05, 0) is 18.9 Å². The van der Waals surface area contributed by atoms with Gasteiger partial charge in [-0.25, -0.2) is 4.98 Å². The molecule has 1 aromatic rings. The number of aromatic nitrogens is 1. The molecule has 7 heteroatoms. The van der Waals surface area contributed by atoms with Crippen LogP contribution in [0.25, 0.3) is 0 Å². The zero-order valence-electron chi connectivity index (χ0n) is 10.5. The lowest BCUT2D eigenvalue weighted by molar-refractivity contribution is -0.385. The zero-order chi connectivity index (χ0) is 14.1. The third-order valence-corrected chi connectivity index (χ3v) is 2.57. The van der Waals surface area contributed by atoms with Gasteiger partial charge in [-0.1, -0.05) is 12.8 Å². The lowest BCUT2D eigenvalue weighted by Crippen LogP contribution is -2.05. The van der Waals surface area contributed by atoms with Gasteiger partial charge in [-0.15, -0.1) is 0 Å². The monoisotopic (exact) mass is 264 g/mol. The van der Waals surface area contributed by atoms with Crippen molar-refractivity contribution in [2.75, 3.05) is 18.5 Å². The molecule has 0 aliphatic carbocycles. The van der Waals surface area contributed by atoms with Gasteiger partial charge in [0.05, 0.1) is 4.92 Å². The van der Waals surface area contributed by atoms with Crippen molar-refractivity contribution in [1.82, 2.24) is 4.98 Å². The van der Waals surface area contributed by atoms with Crippen molar-refractivity contribution in [2.24, 2.45) is 0 Å². The number of hydrogen-bond acceptors (Lipinski definition) is 6. The summed E-state index contributed by atoms with van der Waals surface area (Å²) < 4.78 is 0. The number of aliphatic hydroxyl groups excluding tert-OH is 1. The number of hydrogen-bond donors (Lipinski definition) is 2. The fraction of sp³-hybridized carbons (Fsp3) is 0.500. The van der Waals surface area contributed by atoms with E-state index < -0.39 is 4.92 Å². The number of aliphatic hydroxyl groups is 1. The Morgan fingerprint density at radius 3 is 2.74 bits per heavy atom. The molecule has 0 saturated carbocycles. The van der Waals surface area contributed by atoms with E-state index in [-0.39, 0.29) is 18.0 Å². The van der Waals surface area contributed by atoms with E-state index in [9.17, 15) is 10.1 Å². The van der Waals surface area contributed by atoms with Gasteiger partial charge >= 0.3 is 5.69 Å². The third kappa shape index (κ3) is 4.89. The number of nitrogens with one attached hydrogen (secondary N) is 1. The van der Waals surface area contributed by atoms with Gasteiger partial charge in [-0.3, -0.25) is 10.1 Å². The summed E-state index contributed by atoms with van der Waals surface area (Å²) in [6.07, 6.45) is 3.68. The van der Waals surface area contributed by atoms with Gasteiger partial charge in [0.15, 0.2) is 0 Å². The summed E-state index contributed by atoms with van der Waals surface area (Å²) in [6.45, 7) is 0.893. The van der Waals surface area contributed by atoms with Crippen molar-refractivity contribution in [3.8, 4) is 6.07 Å². The number of nitro groups is 1. The Labute approximate surface area is 111 Å². The molecule has 1 rings (SSSR count). The first-order valence-corrected chi connectivity index (χ1v) is 6.09. The first-order valence-electron chi connectivity index (χ1n) is 6.09. The van der Waals surface area contributed by atoms with E-state index >= 15 is 0 Å². The Morgan fingerprint density at radius 1 is 1.37 bits per heavy atom. The van der Waals surface area contributed by atoms with Crippen LogP contribution >= 0.6 is 0 Å². The number of anilines is 1. The largest absolute Gasteiger partial charge is 0.396 e. The minimum atomic E-state index is -0.621. The van der Waals surface area contributed by atoms with Gasteiger partial charge in [0.25, 0.3) is 0 Å². The Hall–Kier alpha value is -2.20. The summed E-state index contributed by atoms with van der Waals surface area (Å²) in [6, 6.07) is 4.49. The molecule has 0 unspecified atom stereocenters. The molecule has 1 heterocycles. The third-order valence-electron chi connectivity index (χ3n) is 2.57. The van der Waals surface area contributed by atoms with Crippen LogP contribution in [0.2, 0.25) is 0 Å². The van der Waals surface area contributed by atoms with Crippen LogP contribution in [0, 0.1) is 21.4 Å². The molecule has 0 fully saturated rings. The Bertz CT molecular complexity index is 471. The lowest BCUT2D eigenvalue weighted by atomic mass is 10.2. The summed E-state index contributed by atoms with van der Waals surface area (Å²) in [7, 11) is 0. The second-order valence-corrected chi connectivity index (χ2v) is 4.00. The Kier molecular flexibility index (Phi) is 6.26. The van der Waals surface area contributed by atoms with Crippen LogP contribution in [0.15, 0.2) is 12.1 Å². The average Bonchev–Trinajstić information content (AvgIpc) is 2.42. The number of nitrogens with zero attached hydrogens (tertiary/aromatic N) is 3. The van der Waals surface area contributed by atoms with Crippen LogP contribution in [0.4, 0.5) is 11.5 Å². The Balaban J connectivity index is 2.47. The summed E-state index contributed by atoms with van der Waals surface area (Å²) in [5, 5.41) is 31.1. The fourth-order valence-corrected chi connectivity index (χ4v) is 1.59. The van der Waals surface area contributed by atoms with E-state index in [1.54, 1.807) is 6.07 Å². The van der Waals surface area contributed by atoms with Gasteiger partial charge in [-0.2, -0.15) is 5.26 Å². The Morgan fingerprint density at radius 2 is 2.11 bits per heavy atom. The highest BCUT2D eigenvalue weighted by atomic mass is 16.6. The van der Waals surface area contributed by atoms with E-state index in [1.165, 1.54) is 12.1 Å². The number of unbranched alkanes of at least 4 members (excludes halogenated alkanes) is 3. The van der Waals surface area contributed by atoms with Gasteiger partial charge in [0.2, 0.25) is 5.69 Å². The maximum Gasteiger partial charge on any atom is 0.305 e. The topological polar surface area (TPSA) is 112 Å². The summed E-state index contributed by atoms with van der Waals surface area (Å²) in [5.41, 5.74) is -0.466. The molecule has 7 nitrogen and oxygen atoms in total. The smallest absolute Gasteiger partial charge is 0.305 e. The molecule has 1 aromatic heterocycles. The maximum atomic E-state index is 10.6. The van der Waals surface area contributed by atoms with Crippen LogP contribution < -0.4 is 5.32 Å². The number of pyridine rings is 1. The minimum Gasteiger partial charge on any atom is -0.396 e. The second-order valence-electron chi connectivity index (χ2n) is 4.00. The van der Waals surface area contributed by atoms with Gasteiger partial charge in [0, 0.05) is 19.2 Å². The van der Waals surface area contributed by atoms with Gasteiger partial charge < -0.3 is 10.4 Å². The molecule has 0 aliphatic rings. The minimum absolute atomic E-state index is 0.185. The SMILES string of the molecule is N#Cc1nc(NCCCCCCO)ccc1[N+](=O)[O-]. The maximum absolute atomic E-state index is 10.6. The molecule has 0 atom stereocenters. The molecule has 19 heavy (non-hydrogen) atoms. The number of nitriles is 1. The molecule has 2 N–H and O–H groups in total. The molecule has 0 saturated heterocycles. The molecule has 0 bridgehead atoms. The molecule has 0 aliphatic heterocycles. The van der Waals surface area contributed by atoms with Crippen molar-refractivity contribution in [1.29, 1.82) is 5.26 Å². The van der Waals surface area contributed by atoms with E-state index in [0.29, 0.717) is 12.4 Å². The lowest BCUT2D eigenvalue weighted by Gasteiger charge is -2.05. The first-order chi connectivity index (χ1) is 9.19. The summed E-state index contributed by atoms with van der Waals surface area (Å²) >= 11 is 0. The molecule has 0 amide bonds. The highest BCUT2D eigenvalue weighted by Gasteiger charge is 2.15. The van der Waals surface area contributed by atoms with Crippen LogP contribution in [0.1, 0.15) is 31.4 Å². The summed E-state index contributed by atoms with van der Waals surface area (Å²) in [4.78, 5) is 13.9. The van der Waals surface area contributed by atoms with E-state index in [0.717, 1.165) is 25.7 Å². The van der Waals surface area contributed by atoms with Crippen LogP contribution in [0.3, 0.4) is 0 Å². The van der Waals surface area contributed by atoms with Crippen LogP contribution in [0.5, 0.6) is 0 Å². The van der Waals surface area contributed by atoms with Crippen LogP contribution in [-0.4, -0.2) is 28.2 Å².